The maximum atomic E-state index is 11.6. The predicted molar refractivity (Wildman–Crippen MR) is 57.3 cm³/mol. The number of nitrogens with one attached hydrogen (secondary N) is 1. The molecule has 0 amide bonds. The van der Waals surface area contributed by atoms with Crippen molar-refractivity contribution in [2.75, 3.05) is 6.61 Å². The first-order valence-electron chi connectivity index (χ1n) is 5.46. The summed E-state index contributed by atoms with van der Waals surface area (Å²) in [6.07, 6.45) is -1.15. The number of rotatable bonds is 3. The first-order valence-corrected chi connectivity index (χ1v) is 5.46. The summed E-state index contributed by atoms with van der Waals surface area (Å²) in [5, 5.41) is 27.9. The van der Waals surface area contributed by atoms with Crippen LogP contribution in [0.15, 0.2) is 11.0 Å². The molecule has 17 heavy (non-hydrogen) atoms. The molecule has 1 unspecified atom stereocenters. The lowest BCUT2D eigenvalue weighted by molar-refractivity contribution is -0.0454. The maximum Gasteiger partial charge on any atom is 0.327 e. The van der Waals surface area contributed by atoms with Crippen LogP contribution >= 0.6 is 0 Å². The largest absolute Gasteiger partial charge is 0.394 e. The number of H-pyrrole nitrogens is 1. The summed E-state index contributed by atoms with van der Waals surface area (Å²) in [4.78, 5) is 14.1. The summed E-state index contributed by atoms with van der Waals surface area (Å²) in [6, 6.07) is 0. The summed E-state index contributed by atoms with van der Waals surface area (Å²) in [5.41, 5.74) is -0.0165. The molecule has 0 bridgehead atoms. The van der Waals surface area contributed by atoms with E-state index in [0.29, 0.717) is 5.69 Å². The summed E-state index contributed by atoms with van der Waals surface area (Å²) >= 11 is 0. The molecule has 4 atom stereocenters. The highest BCUT2D eigenvalue weighted by Crippen LogP contribution is 2.27. The first kappa shape index (κ1) is 12.3. The van der Waals surface area contributed by atoms with Crippen molar-refractivity contribution in [2.24, 2.45) is 0 Å². The average molecular weight is 244 g/mol. The second kappa shape index (κ2) is 4.61. The van der Waals surface area contributed by atoms with Gasteiger partial charge < -0.3 is 25.0 Å². The van der Waals surface area contributed by atoms with Crippen molar-refractivity contribution in [3.05, 3.63) is 22.4 Å². The lowest BCUT2D eigenvalue weighted by atomic mass is 10.2. The molecule has 1 aliphatic rings. The molecule has 7 nitrogen and oxygen atoms in total. The molecule has 0 radical (unpaired) electrons. The Hall–Kier alpha value is -1.15. The minimum Gasteiger partial charge on any atom is -0.394 e. The van der Waals surface area contributed by atoms with Gasteiger partial charge in [0, 0.05) is 12.6 Å². The van der Waals surface area contributed by atoms with E-state index < -0.39 is 30.2 Å². The highest BCUT2D eigenvalue weighted by molar-refractivity contribution is 5.01. The van der Waals surface area contributed by atoms with E-state index in [2.05, 4.69) is 4.98 Å². The third-order valence-corrected chi connectivity index (χ3v) is 2.91. The van der Waals surface area contributed by atoms with Gasteiger partial charge in [-0.15, -0.1) is 0 Å². The highest BCUT2D eigenvalue weighted by atomic mass is 16.5. The lowest BCUT2D eigenvalue weighted by Crippen LogP contribution is -2.25. The fourth-order valence-corrected chi connectivity index (χ4v) is 1.91. The molecule has 96 valence electrons. The van der Waals surface area contributed by atoms with E-state index in [9.17, 15) is 15.0 Å². The number of aromatic nitrogens is 2. The van der Waals surface area contributed by atoms with Crippen LogP contribution in [0.25, 0.3) is 0 Å². The Morgan fingerprint density at radius 3 is 2.88 bits per heavy atom. The molecule has 4 N–H and O–H groups in total. The molecule has 0 aromatic carbocycles. The monoisotopic (exact) mass is 244 g/mol. The van der Waals surface area contributed by atoms with Gasteiger partial charge in [0.25, 0.3) is 0 Å². The van der Waals surface area contributed by atoms with Gasteiger partial charge in [-0.25, -0.2) is 4.79 Å². The van der Waals surface area contributed by atoms with E-state index in [1.54, 1.807) is 0 Å². The van der Waals surface area contributed by atoms with E-state index in [1.807, 2.05) is 0 Å². The van der Waals surface area contributed by atoms with Crippen LogP contribution < -0.4 is 5.69 Å². The van der Waals surface area contributed by atoms with Crippen LogP contribution in [0.2, 0.25) is 0 Å². The number of hydrogen-bond acceptors (Lipinski definition) is 5. The fourth-order valence-electron chi connectivity index (χ4n) is 1.91. The Morgan fingerprint density at radius 1 is 1.71 bits per heavy atom. The number of aromatic amines is 1. The maximum absolute atomic E-state index is 11.6. The normalized spacial score (nSPS) is 30.7. The van der Waals surface area contributed by atoms with Crippen molar-refractivity contribution >= 4 is 0 Å². The average Bonchev–Trinajstić information content (AvgIpc) is 2.81. The Morgan fingerprint density at radius 2 is 2.41 bits per heavy atom. The molecular weight excluding hydrogens is 228 g/mol. The van der Waals surface area contributed by atoms with Crippen molar-refractivity contribution in [1.29, 1.82) is 0 Å². The molecule has 2 rings (SSSR count). The van der Waals surface area contributed by atoms with Gasteiger partial charge in [0.15, 0.2) is 0 Å². The van der Waals surface area contributed by atoms with Gasteiger partial charge in [-0.05, 0) is 6.92 Å². The minimum absolute atomic E-state index is 0.238. The van der Waals surface area contributed by atoms with Gasteiger partial charge in [-0.3, -0.25) is 4.57 Å². The predicted octanol–water partition coefficient (Wildman–Crippen LogP) is -1.13. The van der Waals surface area contributed by atoms with Crippen LogP contribution in [-0.4, -0.2) is 43.7 Å². The van der Waals surface area contributed by atoms with Crippen LogP contribution in [0.3, 0.4) is 0 Å². The third kappa shape index (κ3) is 2.27. The molecule has 7 heteroatoms. The van der Waals surface area contributed by atoms with Crippen molar-refractivity contribution in [3.8, 4) is 0 Å². The highest BCUT2D eigenvalue weighted by Gasteiger charge is 2.35. The van der Waals surface area contributed by atoms with E-state index in [0.717, 1.165) is 0 Å². The topological polar surface area (TPSA) is 108 Å². The third-order valence-electron chi connectivity index (χ3n) is 2.91. The lowest BCUT2D eigenvalue weighted by Gasteiger charge is -2.12. The summed E-state index contributed by atoms with van der Waals surface area (Å²) in [7, 11) is 0. The standard InChI is InChI=1S/C10H16N2O5/c1-5(14)6-3-12(10(16)11-6)9-2-7(15)8(4-13)17-9/h3,5,7-9,13-15H,2,4H2,1H3,(H,11,16)/t5?,7-,8+,9+/m0/s1. The van der Waals surface area contributed by atoms with E-state index in [1.165, 1.54) is 17.7 Å². The number of hydrogen-bond donors (Lipinski definition) is 4. The molecule has 1 aromatic heterocycles. The van der Waals surface area contributed by atoms with E-state index >= 15 is 0 Å². The fraction of sp³-hybridized carbons (Fsp3) is 0.700. The number of ether oxygens (including phenoxy) is 1. The van der Waals surface area contributed by atoms with E-state index in [4.69, 9.17) is 9.84 Å². The van der Waals surface area contributed by atoms with Crippen molar-refractivity contribution < 1.29 is 20.1 Å². The summed E-state index contributed by atoms with van der Waals surface area (Å²) in [5.74, 6) is 0. The molecule has 1 aromatic rings. The SMILES string of the molecule is CC(O)c1cn([C@H]2C[C@H](O)[C@@H](CO)O2)c(=O)[nH]1. The van der Waals surface area contributed by atoms with Crippen LogP contribution in [0.4, 0.5) is 0 Å². The van der Waals surface area contributed by atoms with Gasteiger partial charge >= 0.3 is 5.69 Å². The van der Waals surface area contributed by atoms with Crippen molar-refractivity contribution in [1.82, 2.24) is 9.55 Å². The van der Waals surface area contributed by atoms with Crippen molar-refractivity contribution in [2.45, 2.75) is 37.9 Å². The zero-order valence-electron chi connectivity index (χ0n) is 9.41. The van der Waals surface area contributed by atoms with Crippen LogP contribution in [0, 0.1) is 0 Å². The first-order chi connectivity index (χ1) is 8.02. The molecule has 0 saturated carbocycles. The molecule has 0 aliphatic carbocycles. The number of aliphatic hydroxyl groups is 3. The Kier molecular flexibility index (Phi) is 3.34. The van der Waals surface area contributed by atoms with Gasteiger partial charge in [0.1, 0.15) is 12.3 Å². The molecule has 1 fully saturated rings. The molecule has 0 spiro atoms. The smallest absolute Gasteiger partial charge is 0.327 e. The second-order valence-electron chi connectivity index (χ2n) is 4.21. The van der Waals surface area contributed by atoms with Gasteiger partial charge in [0.05, 0.1) is 24.5 Å². The van der Waals surface area contributed by atoms with Crippen LogP contribution in [0.5, 0.6) is 0 Å². The number of imidazole rings is 1. The quantitative estimate of drug-likeness (QED) is 0.538. The zero-order chi connectivity index (χ0) is 12.6. The molecule has 2 heterocycles. The molecule has 1 aliphatic heterocycles. The molecular formula is C10H16N2O5. The molecule has 1 saturated heterocycles. The Balaban J connectivity index is 2.21. The zero-order valence-corrected chi connectivity index (χ0v) is 9.41. The van der Waals surface area contributed by atoms with Crippen molar-refractivity contribution in [3.63, 3.8) is 0 Å². The second-order valence-corrected chi connectivity index (χ2v) is 4.21. The van der Waals surface area contributed by atoms with E-state index in [-0.39, 0.29) is 13.0 Å². The summed E-state index contributed by atoms with van der Waals surface area (Å²) < 4.78 is 6.62. The minimum atomic E-state index is -0.790. The van der Waals surface area contributed by atoms with Crippen LogP contribution in [-0.2, 0) is 4.74 Å². The van der Waals surface area contributed by atoms with Crippen LogP contribution in [0.1, 0.15) is 31.4 Å². The van der Waals surface area contributed by atoms with Gasteiger partial charge in [-0.1, -0.05) is 0 Å². The Labute approximate surface area is 97.3 Å². The number of aliphatic hydroxyl groups excluding tert-OH is 3. The number of nitrogens with zero attached hydrogens (tertiary/aromatic N) is 1. The van der Waals surface area contributed by atoms with Gasteiger partial charge in [0.2, 0.25) is 0 Å². The van der Waals surface area contributed by atoms with Gasteiger partial charge in [-0.2, -0.15) is 0 Å². The summed E-state index contributed by atoms with van der Waals surface area (Å²) in [6.45, 7) is 1.25. The Bertz CT molecular complexity index is 438.